The number of ether oxygens (including phenoxy) is 1. The van der Waals surface area contributed by atoms with Gasteiger partial charge in [-0.2, -0.15) is 0 Å². The molecular weight excluding hydrogens is 318 g/mol. The number of methoxy groups -OCH3 is 1. The number of hydrogen-bond donors (Lipinski definition) is 1. The average Bonchev–Trinajstić information content (AvgIpc) is 2.53. The fraction of sp³-hybridized carbons (Fsp3) is 0.222. The van der Waals surface area contributed by atoms with Crippen molar-refractivity contribution in [1.29, 1.82) is 0 Å². The second-order valence-electron chi connectivity index (χ2n) is 5.69. The van der Waals surface area contributed by atoms with E-state index in [-0.39, 0.29) is 5.56 Å². The first kappa shape index (κ1) is 16.6. The zero-order chi connectivity index (χ0) is 18.0. The Bertz CT molecular complexity index is 944. The molecule has 7 heteroatoms. The highest BCUT2D eigenvalue weighted by Gasteiger charge is 2.11. The lowest BCUT2D eigenvalue weighted by Crippen LogP contribution is -2.23. The van der Waals surface area contributed by atoms with E-state index < -0.39 is 0 Å². The Hall–Kier alpha value is -3.22. The molecule has 0 saturated carbocycles. The van der Waals surface area contributed by atoms with Crippen LogP contribution in [0.2, 0.25) is 0 Å². The molecule has 0 unspecified atom stereocenters. The highest BCUT2D eigenvalue weighted by atomic mass is 16.5. The van der Waals surface area contributed by atoms with E-state index in [4.69, 9.17) is 4.74 Å². The molecule has 7 nitrogen and oxygen atoms in total. The van der Waals surface area contributed by atoms with Gasteiger partial charge in [0.05, 0.1) is 12.8 Å². The van der Waals surface area contributed by atoms with Crippen molar-refractivity contribution in [3.63, 3.8) is 0 Å². The maximum atomic E-state index is 12.6. The van der Waals surface area contributed by atoms with Crippen LogP contribution < -0.4 is 15.6 Å². The number of nitrogens with one attached hydrogen (secondary N) is 1. The molecule has 0 aliphatic carbocycles. The van der Waals surface area contributed by atoms with Crippen LogP contribution in [-0.2, 0) is 0 Å². The monoisotopic (exact) mass is 337 g/mol. The second kappa shape index (κ2) is 6.72. The standard InChI is InChI=1S/C18H19N5O2/c1-11-9-12(2)20-17(19-11)22-18-21-13(3)10-16(24)23(18)14-5-7-15(25-4)8-6-14/h5-10H,1-4H3,(H,19,20,21,22). The molecule has 1 aromatic carbocycles. The van der Waals surface area contributed by atoms with E-state index in [9.17, 15) is 4.79 Å². The third-order valence-electron chi connectivity index (χ3n) is 3.58. The summed E-state index contributed by atoms with van der Waals surface area (Å²) in [6.07, 6.45) is 0. The lowest BCUT2D eigenvalue weighted by atomic mass is 10.3. The first-order valence-electron chi connectivity index (χ1n) is 7.81. The zero-order valence-corrected chi connectivity index (χ0v) is 14.6. The molecule has 0 radical (unpaired) electrons. The maximum absolute atomic E-state index is 12.6. The molecule has 0 atom stereocenters. The van der Waals surface area contributed by atoms with Crippen LogP contribution in [0.25, 0.3) is 5.69 Å². The summed E-state index contributed by atoms with van der Waals surface area (Å²) in [5.41, 5.74) is 2.76. The van der Waals surface area contributed by atoms with Crippen molar-refractivity contribution in [3.8, 4) is 11.4 Å². The molecule has 2 heterocycles. The molecule has 1 N–H and O–H groups in total. The first-order valence-corrected chi connectivity index (χ1v) is 7.81. The summed E-state index contributed by atoms with van der Waals surface area (Å²) >= 11 is 0. The molecule has 2 aromatic heterocycles. The van der Waals surface area contributed by atoms with Crippen molar-refractivity contribution in [1.82, 2.24) is 19.5 Å². The van der Waals surface area contributed by atoms with E-state index in [0.717, 1.165) is 11.4 Å². The summed E-state index contributed by atoms with van der Waals surface area (Å²) < 4.78 is 6.65. The van der Waals surface area contributed by atoms with Crippen LogP contribution in [-0.4, -0.2) is 26.6 Å². The lowest BCUT2D eigenvalue weighted by molar-refractivity contribution is 0.414. The van der Waals surface area contributed by atoms with E-state index in [0.29, 0.717) is 29.0 Å². The normalized spacial score (nSPS) is 10.6. The van der Waals surface area contributed by atoms with Crippen LogP contribution in [0, 0.1) is 20.8 Å². The van der Waals surface area contributed by atoms with Crippen molar-refractivity contribution in [3.05, 3.63) is 63.8 Å². The van der Waals surface area contributed by atoms with Gasteiger partial charge < -0.3 is 4.74 Å². The molecule has 0 aliphatic rings. The highest BCUT2D eigenvalue weighted by molar-refractivity contribution is 5.50. The molecule has 0 fully saturated rings. The topological polar surface area (TPSA) is 81.9 Å². The molecule has 0 amide bonds. The van der Waals surface area contributed by atoms with Gasteiger partial charge in [0.1, 0.15) is 5.75 Å². The van der Waals surface area contributed by atoms with Gasteiger partial charge in [-0.3, -0.25) is 10.1 Å². The second-order valence-corrected chi connectivity index (χ2v) is 5.69. The number of aryl methyl sites for hydroxylation is 3. The summed E-state index contributed by atoms with van der Waals surface area (Å²) in [6, 6.07) is 10.5. The predicted molar refractivity (Wildman–Crippen MR) is 95.9 cm³/mol. The van der Waals surface area contributed by atoms with Gasteiger partial charge in [-0.15, -0.1) is 0 Å². The Morgan fingerprint density at radius 3 is 2.12 bits per heavy atom. The zero-order valence-electron chi connectivity index (χ0n) is 14.6. The van der Waals surface area contributed by atoms with Gasteiger partial charge in [0.15, 0.2) is 0 Å². The SMILES string of the molecule is COc1ccc(-n2c(Nc3nc(C)cc(C)n3)nc(C)cc2=O)cc1. The van der Waals surface area contributed by atoms with Crippen LogP contribution in [0.1, 0.15) is 17.1 Å². The summed E-state index contributed by atoms with van der Waals surface area (Å²) in [4.78, 5) is 25.7. The van der Waals surface area contributed by atoms with E-state index in [1.165, 1.54) is 10.6 Å². The predicted octanol–water partition coefficient (Wildman–Crippen LogP) is 2.70. The van der Waals surface area contributed by atoms with Crippen molar-refractivity contribution < 1.29 is 4.74 Å². The summed E-state index contributed by atoms with van der Waals surface area (Å²) in [5.74, 6) is 1.47. The molecule has 3 aromatic rings. The summed E-state index contributed by atoms with van der Waals surface area (Å²) in [7, 11) is 1.60. The Morgan fingerprint density at radius 2 is 1.52 bits per heavy atom. The lowest BCUT2D eigenvalue weighted by Gasteiger charge is -2.14. The maximum Gasteiger partial charge on any atom is 0.259 e. The fourth-order valence-electron chi connectivity index (χ4n) is 2.54. The van der Waals surface area contributed by atoms with Crippen LogP contribution in [0.5, 0.6) is 5.75 Å². The molecule has 0 saturated heterocycles. The Labute approximate surface area is 145 Å². The molecule has 0 spiro atoms. The van der Waals surface area contributed by atoms with E-state index in [1.54, 1.807) is 38.3 Å². The van der Waals surface area contributed by atoms with E-state index >= 15 is 0 Å². The number of anilines is 2. The van der Waals surface area contributed by atoms with Gasteiger partial charge in [0.2, 0.25) is 11.9 Å². The molecule has 0 bridgehead atoms. The van der Waals surface area contributed by atoms with E-state index in [2.05, 4.69) is 20.3 Å². The highest BCUT2D eigenvalue weighted by Crippen LogP contribution is 2.18. The van der Waals surface area contributed by atoms with Crippen LogP contribution in [0.3, 0.4) is 0 Å². The van der Waals surface area contributed by atoms with Crippen LogP contribution in [0.15, 0.2) is 41.2 Å². The third-order valence-corrected chi connectivity index (χ3v) is 3.58. The summed E-state index contributed by atoms with van der Waals surface area (Å²) in [6.45, 7) is 5.55. The molecule has 128 valence electrons. The molecule has 0 aliphatic heterocycles. The van der Waals surface area contributed by atoms with Gasteiger partial charge in [-0.1, -0.05) is 0 Å². The van der Waals surface area contributed by atoms with Gasteiger partial charge in [0, 0.05) is 23.1 Å². The van der Waals surface area contributed by atoms with Crippen molar-refractivity contribution in [2.75, 3.05) is 12.4 Å². The van der Waals surface area contributed by atoms with Gasteiger partial charge in [0.25, 0.3) is 5.56 Å². The Morgan fingerprint density at radius 1 is 0.920 bits per heavy atom. The van der Waals surface area contributed by atoms with Crippen molar-refractivity contribution in [2.45, 2.75) is 20.8 Å². The largest absolute Gasteiger partial charge is 0.497 e. The third kappa shape index (κ3) is 3.65. The average molecular weight is 337 g/mol. The number of hydrogen-bond acceptors (Lipinski definition) is 6. The number of nitrogens with zero attached hydrogens (tertiary/aromatic N) is 4. The number of rotatable bonds is 4. The van der Waals surface area contributed by atoms with Gasteiger partial charge in [-0.05, 0) is 51.1 Å². The van der Waals surface area contributed by atoms with Gasteiger partial charge in [-0.25, -0.2) is 19.5 Å². The molecule has 25 heavy (non-hydrogen) atoms. The fourth-order valence-corrected chi connectivity index (χ4v) is 2.54. The summed E-state index contributed by atoms with van der Waals surface area (Å²) in [5, 5.41) is 3.06. The number of benzene rings is 1. The van der Waals surface area contributed by atoms with Crippen LogP contribution >= 0.6 is 0 Å². The van der Waals surface area contributed by atoms with Crippen LogP contribution in [0.4, 0.5) is 11.9 Å². The number of aromatic nitrogens is 4. The van der Waals surface area contributed by atoms with Crippen molar-refractivity contribution in [2.24, 2.45) is 0 Å². The quantitative estimate of drug-likeness (QED) is 0.788. The van der Waals surface area contributed by atoms with Crippen molar-refractivity contribution >= 4 is 11.9 Å². The minimum Gasteiger partial charge on any atom is -0.497 e. The Kier molecular flexibility index (Phi) is 4.47. The smallest absolute Gasteiger partial charge is 0.259 e. The minimum absolute atomic E-state index is 0.190. The van der Waals surface area contributed by atoms with Gasteiger partial charge >= 0.3 is 0 Å². The molecular formula is C18H19N5O2. The van der Waals surface area contributed by atoms with E-state index in [1.807, 2.05) is 19.9 Å². The first-order chi connectivity index (χ1) is 12.0. The minimum atomic E-state index is -0.190. The Balaban J connectivity index is 2.10. The molecule has 3 rings (SSSR count).